The fourth-order valence-electron chi connectivity index (χ4n) is 1.76. The van der Waals surface area contributed by atoms with Crippen LogP contribution < -0.4 is 0 Å². The number of rotatable bonds is 4. The molecule has 0 saturated carbocycles. The summed E-state index contributed by atoms with van der Waals surface area (Å²) in [5.74, 6) is 0.870. The first-order valence-electron chi connectivity index (χ1n) is 6.59. The molecule has 0 unspecified atom stereocenters. The summed E-state index contributed by atoms with van der Waals surface area (Å²) in [6.07, 6.45) is 5.86. The minimum atomic E-state index is 0.0682. The molecule has 0 aliphatic heterocycles. The highest BCUT2D eigenvalue weighted by Crippen LogP contribution is 2.20. The molecule has 0 spiro atoms. The summed E-state index contributed by atoms with van der Waals surface area (Å²) in [6.45, 7) is 8.43. The van der Waals surface area contributed by atoms with Crippen LogP contribution in [0.1, 0.15) is 26.5 Å². The van der Waals surface area contributed by atoms with Gasteiger partial charge in [-0.15, -0.1) is 0 Å². The Morgan fingerprint density at radius 2 is 2.00 bits per heavy atom. The second-order valence-electron chi connectivity index (χ2n) is 6.17. The molecule has 0 bridgehead atoms. The van der Waals surface area contributed by atoms with Crippen LogP contribution in [-0.4, -0.2) is 44.9 Å². The van der Waals surface area contributed by atoms with E-state index in [9.17, 15) is 0 Å². The largest absolute Gasteiger partial charge is 0.334 e. The molecule has 2 rings (SSSR count). The van der Waals surface area contributed by atoms with Gasteiger partial charge >= 0.3 is 0 Å². The molecule has 0 radical (unpaired) electrons. The molecule has 19 heavy (non-hydrogen) atoms. The average molecular weight is 261 g/mol. The predicted octanol–water partition coefficient (Wildman–Crippen LogP) is 1.93. The SMILES string of the molecule is CN(C)CCn1cnc(-n2ccc(C(C)(C)C)n2)c1. The van der Waals surface area contributed by atoms with Crippen molar-refractivity contribution in [2.45, 2.75) is 32.7 Å². The smallest absolute Gasteiger partial charge is 0.171 e. The van der Waals surface area contributed by atoms with Gasteiger partial charge in [-0.05, 0) is 20.2 Å². The Kier molecular flexibility index (Phi) is 3.75. The predicted molar refractivity (Wildman–Crippen MR) is 76.6 cm³/mol. The first-order chi connectivity index (χ1) is 8.86. The third kappa shape index (κ3) is 3.44. The first-order valence-corrected chi connectivity index (χ1v) is 6.59. The van der Waals surface area contributed by atoms with Gasteiger partial charge in [0.15, 0.2) is 5.82 Å². The molecule has 2 heterocycles. The number of hydrogen-bond donors (Lipinski definition) is 0. The van der Waals surface area contributed by atoms with Crippen LogP contribution in [-0.2, 0) is 12.0 Å². The maximum absolute atomic E-state index is 4.59. The molecule has 104 valence electrons. The molecular formula is C14H23N5. The molecule has 0 saturated heterocycles. The lowest BCUT2D eigenvalue weighted by atomic mass is 9.93. The van der Waals surface area contributed by atoms with Crippen molar-refractivity contribution in [2.24, 2.45) is 0 Å². The van der Waals surface area contributed by atoms with Gasteiger partial charge in [-0.3, -0.25) is 0 Å². The van der Waals surface area contributed by atoms with Gasteiger partial charge in [-0.1, -0.05) is 20.8 Å². The molecule has 5 heteroatoms. The van der Waals surface area contributed by atoms with E-state index >= 15 is 0 Å². The fourth-order valence-corrected chi connectivity index (χ4v) is 1.76. The monoisotopic (exact) mass is 261 g/mol. The Morgan fingerprint density at radius 3 is 2.58 bits per heavy atom. The summed E-state index contributed by atoms with van der Waals surface area (Å²) in [7, 11) is 4.14. The molecule has 0 amide bonds. The number of imidazole rings is 1. The van der Waals surface area contributed by atoms with Gasteiger partial charge in [0.25, 0.3) is 0 Å². The average Bonchev–Trinajstić information content (AvgIpc) is 2.94. The van der Waals surface area contributed by atoms with E-state index in [1.54, 1.807) is 0 Å². The van der Waals surface area contributed by atoms with Gasteiger partial charge in [-0.25, -0.2) is 9.67 Å². The van der Waals surface area contributed by atoms with Gasteiger partial charge in [-0.2, -0.15) is 5.10 Å². The summed E-state index contributed by atoms with van der Waals surface area (Å²) in [5.41, 5.74) is 1.15. The van der Waals surface area contributed by atoms with Crippen molar-refractivity contribution in [3.63, 3.8) is 0 Å². The molecular weight excluding hydrogens is 238 g/mol. The van der Waals surface area contributed by atoms with Crippen molar-refractivity contribution in [1.29, 1.82) is 0 Å². The van der Waals surface area contributed by atoms with Crippen LogP contribution in [0.4, 0.5) is 0 Å². The van der Waals surface area contributed by atoms with Crippen molar-refractivity contribution in [1.82, 2.24) is 24.2 Å². The summed E-state index contributed by atoms with van der Waals surface area (Å²) in [6, 6.07) is 2.05. The Bertz CT molecular complexity index is 530. The van der Waals surface area contributed by atoms with E-state index in [-0.39, 0.29) is 5.41 Å². The maximum Gasteiger partial charge on any atom is 0.171 e. The zero-order valence-electron chi connectivity index (χ0n) is 12.5. The van der Waals surface area contributed by atoms with Crippen LogP contribution >= 0.6 is 0 Å². The minimum Gasteiger partial charge on any atom is -0.334 e. The van der Waals surface area contributed by atoms with Crippen molar-refractivity contribution >= 4 is 0 Å². The van der Waals surface area contributed by atoms with Crippen molar-refractivity contribution in [3.8, 4) is 5.82 Å². The zero-order chi connectivity index (χ0) is 14.0. The zero-order valence-corrected chi connectivity index (χ0v) is 12.5. The lowest BCUT2D eigenvalue weighted by Gasteiger charge is -2.14. The molecule has 2 aromatic rings. The fraction of sp³-hybridized carbons (Fsp3) is 0.571. The molecule has 0 fully saturated rings. The number of hydrogen-bond acceptors (Lipinski definition) is 3. The third-order valence-corrected chi connectivity index (χ3v) is 3.02. The highest BCUT2D eigenvalue weighted by Gasteiger charge is 2.17. The Morgan fingerprint density at radius 1 is 1.26 bits per heavy atom. The lowest BCUT2D eigenvalue weighted by molar-refractivity contribution is 0.384. The van der Waals surface area contributed by atoms with Crippen LogP contribution in [0.3, 0.4) is 0 Å². The highest BCUT2D eigenvalue weighted by atomic mass is 15.3. The molecule has 2 aromatic heterocycles. The molecule has 0 aliphatic rings. The minimum absolute atomic E-state index is 0.0682. The summed E-state index contributed by atoms with van der Waals surface area (Å²) < 4.78 is 3.93. The Hall–Kier alpha value is -1.62. The van der Waals surface area contributed by atoms with E-state index in [4.69, 9.17) is 0 Å². The van der Waals surface area contributed by atoms with Crippen LogP contribution in [0.25, 0.3) is 5.82 Å². The van der Waals surface area contributed by atoms with Crippen LogP contribution in [0, 0.1) is 0 Å². The third-order valence-electron chi connectivity index (χ3n) is 3.02. The van der Waals surface area contributed by atoms with E-state index in [2.05, 4.69) is 60.5 Å². The summed E-state index contributed by atoms with van der Waals surface area (Å²) in [4.78, 5) is 6.56. The van der Waals surface area contributed by atoms with Crippen molar-refractivity contribution in [3.05, 3.63) is 30.5 Å². The standard InChI is InChI=1S/C14H23N5/c1-14(2,3)12-6-7-19(16-12)13-10-18(11-15-13)9-8-17(4)5/h6-7,10-11H,8-9H2,1-5H3. The van der Waals surface area contributed by atoms with Crippen LogP contribution in [0.2, 0.25) is 0 Å². The van der Waals surface area contributed by atoms with Gasteiger partial charge in [0.05, 0.1) is 12.0 Å². The summed E-state index contributed by atoms with van der Waals surface area (Å²) >= 11 is 0. The normalized spacial score (nSPS) is 12.3. The van der Waals surface area contributed by atoms with Gasteiger partial charge in [0, 0.05) is 30.9 Å². The molecule has 0 aromatic carbocycles. The van der Waals surface area contributed by atoms with Crippen molar-refractivity contribution in [2.75, 3.05) is 20.6 Å². The number of aromatic nitrogens is 4. The van der Waals surface area contributed by atoms with Gasteiger partial charge in [0.1, 0.15) is 0 Å². The molecule has 0 aliphatic carbocycles. The quantitative estimate of drug-likeness (QED) is 0.844. The van der Waals surface area contributed by atoms with Crippen LogP contribution in [0.15, 0.2) is 24.8 Å². The van der Waals surface area contributed by atoms with E-state index in [1.807, 2.05) is 23.4 Å². The van der Waals surface area contributed by atoms with Gasteiger partial charge in [0.2, 0.25) is 0 Å². The lowest BCUT2D eigenvalue weighted by Crippen LogP contribution is -2.17. The summed E-state index contributed by atoms with van der Waals surface area (Å²) in [5, 5.41) is 4.59. The van der Waals surface area contributed by atoms with E-state index in [0.717, 1.165) is 24.6 Å². The number of nitrogens with zero attached hydrogens (tertiary/aromatic N) is 5. The van der Waals surface area contributed by atoms with E-state index in [1.165, 1.54) is 0 Å². The topological polar surface area (TPSA) is 38.9 Å². The van der Waals surface area contributed by atoms with E-state index < -0.39 is 0 Å². The Balaban J connectivity index is 2.12. The molecule has 0 N–H and O–H groups in total. The van der Waals surface area contributed by atoms with Crippen molar-refractivity contribution < 1.29 is 0 Å². The second kappa shape index (κ2) is 5.17. The van der Waals surface area contributed by atoms with Gasteiger partial charge < -0.3 is 9.47 Å². The molecule has 0 atom stereocenters. The van der Waals surface area contributed by atoms with Crippen LogP contribution in [0.5, 0.6) is 0 Å². The second-order valence-corrected chi connectivity index (χ2v) is 6.17. The Labute approximate surface area is 114 Å². The maximum atomic E-state index is 4.59. The molecule has 5 nitrogen and oxygen atoms in total. The highest BCUT2D eigenvalue weighted by molar-refractivity contribution is 5.20. The first kappa shape index (κ1) is 13.8. The van der Waals surface area contributed by atoms with E-state index in [0.29, 0.717) is 0 Å². The number of likely N-dealkylation sites (N-methyl/N-ethyl adjacent to an activating group) is 1.